The third kappa shape index (κ3) is 4.90. The van der Waals surface area contributed by atoms with Crippen LogP contribution in [0.3, 0.4) is 0 Å². The molecule has 0 saturated heterocycles. The lowest BCUT2D eigenvalue weighted by molar-refractivity contribution is 0.214. The summed E-state index contributed by atoms with van der Waals surface area (Å²) in [5.74, 6) is 1.56. The molecule has 1 N–H and O–H groups in total. The van der Waals surface area contributed by atoms with Gasteiger partial charge in [0, 0.05) is 12.1 Å². The number of pyridine rings is 1. The second kappa shape index (κ2) is 7.15. The molecule has 21 heavy (non-hydrogen) atoms. The van der Waals surface area contributed by atoms with Gasteiger partial charge in [0.25, 0.3) is 0 Å². The Kier molecular flexibility index (Phi) is 5.49. The molecular weight excluding hydrogens is 260 g/mol. The van der Waals surface area contributed by atoms with Crippen molar-refractivity contribution in [3.63, 3.8) is 0 Å². The maximum atomic E-state index is 5.38. The number of ether oxygens (including phenoxy) is 1. The van der Waals surface area contributed by atoms with Crippen molar-refractivity contribution in [3.05, 3.63) is 18.3 Å². The molecule has 0 bridgehead atoms. The lowest BCUT2D eigenvalue weighted by Gasteiger charge is -2.29. The first-order chi connectivity index (χ1) is 9.99. The molecule has 1 aromatic rings. The van der Waals surface area contributed by atoms with Gasteiger partial charge in [0.05, 0.1) is 18.5 Å². The van der Waals surface area contributed by atoms with E-state index in [1.807, 2.05) is 19.2 Å². The van der Waals surface area contributed by atoms with Gasteiger partial charge in [-0.2, -0.15) is 0 Å². The Labute approximate surface area is 129 Å². The van der Waals surface area contributed by atoms with Crippen molar-refractivity contribution in [1.29, 1.82) is 0 Å². The number of hydrogen-bond donors (Lipinski definition) is 1. The van der Waals surface area contributed by atoms with Crippen LogP contribution in [0.1, 0.15) is 59.8 Å². The Balaban J connectivity index is 1.88. The number of nitrogens with one attached hydrogen (secondary N) is 1. The highest BCUT2D eigenvalue weighted by molar-refractivity contribution is 5.43. The fourth-order valence-corrected chi connectivity index (χ4v) is 3.25. The molecule has 2 rings (SSSR count). The van der Waals surface area contributed by atoms with Gasteiger partial charge < -0.3 is 10.1 Å². The molecule has 3 heteroatoms. The summed E-state index contributed by atoms with van der Waals surface area (Å²) in [6.45, 7) is 9.77. The predicted octanol–water partition coefficient (Wildman–Crippen LogP) is 4.89. The fraction of sp³-hybridized carbons (Fsp3) is 0.722. The Morgan fingerprint density at radius 2 is 2.00 bits per heavy atom. The Bertz CT molecular complexity index is 422. The third-order valence-electron chi connectivity index (χ3n) is 4.59. The van der Waals surface area contributed by atoms with Gasteiger partial charge in [-0.3, -0.25) is 0 Å². The molecule has 1 heterocycles. The van der Waals surface area contributed by atoms with Crippen molar-refractivity contribution in [2.45, 2.75) is 65.8 Å². The monoisotopic (exact) mass is 290 g/mol. The van der Waals surface area contributed by atoms with Gasteiger partial charge >= 0.3 is 0 Å². The largest absolute Gasteiger partial charge is 0.478 e. The maximum absolute atomic E-state index is 5.38. The van der Waals surface area contributed by atoms with Crippen molar-refractivity contribution >= 4 is 5.69 Å². The van der Waals surface area contributed by atoms with Crippen LogP contribution < -0.4 is 10.1 Å². The summed E-state index contributed by atoms with van der Waals surface area (Å²) in [5, 5.41) is 3.64. The van der Waals surface area contributed by atoms with Gasteiger partial charge in [0.15, 0.2) is 0 Å². The highest BCUT2D eigenvalue weighted by Crippen LogP contribution is 2.37. The van der Waals surface area contributed by atoms with Crippen LogP contribution in [-0.4, -0.2) is 17.6 Å². The van der Waals surface area contributed by atoms with Crippen LogP contribution in [0.4, 0.5) is 5.69 Å². The quantitative estimate of drug-likeness (QED) is 0.802. The van der Waals surface area contributed by atoms with Gasteiger partial charge in [0.1, 0.15) is 0 Å². The van der Waals surface area contributed by atoms with Crippen LogP contribution in [0.5, 0.6) is 5.88 Å². The van der Waals surface area contributed by atoms with E-state index in [0.717, 1.165) is 11.6 Å². The highest BCUT2D eigenvalue weighted by atomic mass is 16.5. The zero-order chi connectivity index (χ0) is 15.3. The average molecular weight is 290 g/mol. The van der Waals surface area contributed by atoms with E-state index in [-0.39, 0.29) is 0 Å². The van der Waals surface area contributed by atoms with Gasteiger partial charge in [-0.1, -0.05) is 27.2 Å². The topological polar surface area (TPSA) is 34.1 Å². The van der Waals surface area contributed by atoms with Crippen LogP contribution in [0.2, 0.25) is 0 Å². The van der Waals surface area contributed by atoms with Crippen LogP contribution in [0.15, 0.2) is 18.3 Å². The molecule has 0 spiro atoms. The van der Waals surface area contributed by atoms with Gasteiger partial charge in [0.2, 0.25) is 5.88 Å². The zero-order valence-corrected chi connectivity index (χ0v) is 14.0. The summed E-state index contributed by atoms with van der Waals surface area (Å²) in [4.78, 5) is 4.33. The molecule has 3 nitrogen and oxygen atoms in total. The smallest absolute Gasteiger partial charge is 0.213 e. The molecule has 1 aliphatic carbocycles. The minimum Gasteiger partial charge on any atom is -0.478 e. The molecule has 2 unspecified atom stereocenters. The van der Waals surface area contributed by atoms with Crippen molar-refractivity contribution < 1.29 is 4.74 Å². The van der Waals surface area contributed by atoms with Crippen LogP contribution >= 0.6 is 0 Å². The summed E-state index contributed by atoms with van der Waals surface area (Å²) in [6.07, 6.45) is 8.42. The maximum Gasteiger partial charge on any atom is 0.213 e. The highest BCUT2D eigenvalue weighted by Gasteiger charge is 2.27. The second-order valence-corrected chi connectivity index (χ2v) is 7.23. The fourth-order valence-electron chi connectivity index (χ4n) is 3.25. The summed E-state index contributed by atoms with van der Waals surface area (Å²) >= 11 is 0. The van der Waals surface area contributed by atoms with Crippen molar-refractivity contribution in [2.24, 2.45) is 11.3 Å². The zero-order valence-electron chi connectivity index (χ0n) is 14.0. The first-order valence-electron chi connectivity index (χ1n) is 8.34. The number of rotatable bonds is 4. The van der Waals surface area contributed by atoms with E-state index in [0.29, 0.717) is 23.9 Å². The number of nitrogens with zero attached hydrogens (tertiary/aromatic N) is 1. The molecule has 1 saturated carbocycles. The van der Waals surface area contributed by atoms with E-state index < -0.39 is 0 Å². The predicted molar refractivity (Wildman–Crippen MR) is 88.8 cm³/mol. The van der Waals surface area contributed by atoms with E-state index in [2.05, 4.69) is 37.1 Å². The number of aromatic nitrogens is 1. The summed E-state index contributed by atoms with van der Waals surface area (Å²) in [7, 11) is 0. The SMILES string of the molecule is CCOc1ccc(NC2CCCC(C(C)(C)C)CC2)cn1. The van der Waals surface area contributed by atoms with Gasteiger partial charge in [-0.15, -0.1) is 0 Å². The van der Waals surface area contributed by atoms with E-state index in [9.17, 15) is 0 Å². The second-order valence-electron chi connectivity index (χ2n) is 7.23. The third-order valence-corrected chi connectivity index (χ3v) is 4.59. The molecule has 1 aromatic heterocycles. The van der Waals surface area contributed by atoms with Crippen molar-refractivity contribution in [1.82, 2.24) is 4.98 Å². The van der Waals surface area contributed by atoms with Gasteiger partial charge in [-0.05, 0) is 50.0 Å². The molecule has 1 fully saturated rings. The minimum atomic E-state index is 0.440. The lowest BCUT2D eigenvalue weighted by atomic mass is 9.76. The molecule has 1 aliphatic rings. The summed E-state index contributed by atoms with van der Waals surface area (Å²) in [5.41, 5.74) is 1.55. The Morgan fingerprint density at radius 3 is 2.62 bits per heavy atom. The first kappa shape index (κ1) is 16.1. The Morgan fingerprint density at radius 1 is 1.19 bits per heavy atom. The van der Waals surface area contributed by atoms with Crippen LogP contribution in [-0.2, 0) is 0 Å². The van der Waals surface area contributed by atoms with E-state index >= 15 is 0 Å². The molecule has 2 atom stereocenters. The normalized spacial score (nSPS) is 23.4. The minimum absolute atomic E-state index is 0.440. The van der Waals surface area contributed by atoms with Crippen LogP contribution in [0.25, 0.3) is 0 Å². The van der Waals surface area contributed by atoms with Crippen molar-refractivity contribution in [2.75, 3.05) is 11.9 Å². The lowest BCUT2D eigenvalue weighted by Crippen LogP contribution is -2.21. The average Bonchev–Trinajstić information content (AvgIpc) is 2.66. The van der Waals surface area contributed by atoms with E-state index in [1.165, 1.54) is 32.1 Å². The van der Waals surface area contributed by atoms with Crippen molar-refractivity contribution in [3.8, 4) is 5.88 Å². The molecule has 0 aromatic carbocycles. The molecule has 118 valence electrons. The Hall–Kier alpha value is -1.25. The van der Waals surface area contributed by atoms with E-state index in [1.54, 1.807) is 0 Å². The number of anilines is 1. The standard InChI is InChI=1S/C18H30N2O/c1-5-21-17-12-11-16(13-19-17)20-15-8-6-7-14(9-10-15)18(2,3)4/h11-15,20H,5-10H2,1-4H3. The number of hydrogen-bond acceptors (Lipinski definition) is 3. The molecule has 0 amide bonds. The molecular formula is C18H30N2O. The summed E-state index contributed by atoms with van der Waals surface area (Å²) in [6, 6.07) is 4.60. The molecule has 0 radical (unpaired) electrons. The first-order valence-corrected chi connectivity index (χ1v) is 8.34. The molecule has 0 aliphatic heterocycles. The van der Waals surface area contributed by atoms with E-state index in [4.69, 9.17) is 4.74 Å². The van der Waals surface area contributed by atoms with Crippen LogP contribution in [0, 0.1) is 11.3 Å². The van der Waals surface area contributed by atoms with Gasteiger partial charge in [-0.25, -0.2) is 4.98 Å². The summed E-state index contributed by atoms with van der Waals surface area (Å²) < 4.78 is 5.38.